The maximum absolute atomic E-state index is 6.55. The fourth-order valence-corrected chi connectivity index (χ4v) is 4.33. The Balaban J connectivity index is 1.50. The van der Waals surface area contributed by atoms with Crippen LogP contribution in [-0.4, -0.2) is 23.6 Å². The number of pyridine rings is 1. The zero-order valence-corrected chi connectivity index (χ0v) is 20.8. The summed E-state index contributed by atoms with van der Waals surface area (Å²) in [5.74, 6) is 1.67. The van der Waals surface area contributed by atoms with Crippen molar-refractivity contribution < 1.29 is 4.74 Å². The van der Waals surface area contributed by atoms with Crippen molar-refractivity contribution in [3.8, 4) is 33.9 Å². The largest absolute Gasteiger partial charge is 0.457 e. The highest BCUT2D eigenvalue weighted by atomic mass is 16.5. The Hall–Kier alpha value is -4.05. The lowest BCUT2D eigenvalue weighted by atomic mass is 9.85. The molecule has 176 valence electrons. The molecule has 0 bridgehead atoms. The van der Waals surface area contributed by atoms with E-state index in [0.717, 1.165) is 46.2 Å². The van der Waals surface area contributed by atoms with Gasteiger partial charge < -0.3 is 14.5 Å². The number of hydrogen-bond acceptors (Lipinski definition) is 4. The Labute approximate surface area is 208 Å². The van der Waals surface area contributed by atoms with Crippen molar-refractivity contribution in [2.24, 2.45) is 0 Å². The Morgan fingerprint density at radius 1 is 0.771 bits per heavy atom. The molecule has 0 fully saturated rings. The summed E-state index contributed by atoms with van der Waals surface area (Å²) in [5, 5.41) is 0. The van der Waals surface area contributed by atoms with Crippen molar-refractivity contribution in [1.29, 1.82) is 0 Å². The third-order valence-corrected chi connectivity index (χ3v) is 6.21. The zero-order chi connectivity index (χ0) is 24.4. The van der Waals surface area contributed by atoms with E-state index in [1.807, 2.05) is 24.4 Å². The zero-order valence-electron chi connectivity index (χ0n) is 20.8. The Bertz CT molecular complexity index is 1360. The van der Waals surface area contributed by atoms with Gasteiger partial charge >= 0.3 is 0 Å². The molecule has 1 aromatic heterocycles. The molecule has 0 unspecified atom stereocenters. The smallest absolute Gasteiger partial charge is 0.131 e. The summed E-state index contributed by atoms with van der Waals surface area (Å²) < 4.78 is 6.55. The summed E-state index contributed by atoms with van der Waals surface area (Å²) in [7, 11) is 2.07. The second-order valence-corrected chi connectivity index (χ2v) is 10.0. The van der Waals surface area contributed by atoms with E-state index in [1.54, 1.807) is 0 Å². The second-order valence-electron chi connectivity index (χ2n) is 10.0. The first-order valence-electron chi connectivity index (χ1n) is 12.0. The van der Waals surface area contributed by atoms with Crippen molar-refractivity contribution in [2.45, 2.75) is 26.2 Å². The molecule has 0 radical (unpaired) electrons. The number of anilines is 1. The quantitative estimate of drug-likeness (QED) is 0.305. The molecule has 3 aromatic carbocycles. The van der Waals surface area contributed by atoms with Gasteiger partial charge in [-0.2, -0.15) is 0 Å². The number of rotatable bonds is 5. The van der Waals surface area contributed by atoms with E-state index in [0.29, 0.717) is 0 Å². The topological polar surface area (TPSA) is 28.6 Å². The van der Waals surface area contributed by atoms with Crippen LogP contribution < -0.4 is 9.64 Å². The van der Waals surface area contributed by atoms with Crippen LogP contribution in [0.25, 0.3) is 22.4 Å². The molecule has 0 amide bonds. The molecule has 0 saturated carbocycles. The van der Waals surface area contributed by atoms with E-state index in [1.165, 1.54) is 5.56 Å². The third-order valence-electron chi connectivity index (χ3n) is 6.21. The van der Waals surface area contributed by atoms with E-state index in [9.17, 15) is 0 Å². The van der Waals surface area contributed by atoms with Crippen molar-refractivity contribution in [2.75, 3.05) is 18.6 Å². The lowest BCUT2D eigenvalue weighted by Crippen LogP contribution is -2.21. The minimum atomic E-state index is -0.0643. The minimum absolute atomic E-state index is 0.0643. The molecule has 4 heteroatoms. The van der Waals surface area contributed by atoms with E-state index < -0.39 is 0 Å². The van der Waals surface area contributed by atoms with Gasteiger partial charge in [0.25, 0.3) is 0 Å². The molecule has 4 nitrogen and oxygen atoms in total. The number of benzene rings is 3. The molecular weight excluding hydrogens is 430 g/mol. The van der Waals surface area contributed by atoms with Crippen LogP contribution in [0.5, 0.6) is 11.5 Å². The molecule has 0 aliphatic carbocycles. The SMILES string of the molecule is CN1C=CN(c2cccc(Oc3cc(-c4cc(-c5ccccc5)ccn4)ccc3C(C)(C)C)c2)C1. The van der Waals surface area contributed by atoms with Crippen LogP contribution in [0.4, 0.5) is 5.69 Å². The standard InChI is InChI=1S/C31H31N3O/c1-31(2,3)28-14-13-25(29-19-24(15-16-32-29)23-9-6-5-7-10-23)20-30(28)35-27-12-8-11-26(21-27)34-18-17-33(4)22-34/h5-21H,22H2,1-4H3. The molecule has 2 heterocycles. The average molecular weight is 462 g/mol. The van der Waals surface area contributed by atoms with Crippen LogP contribution >= 0.6 is 0 Å². The molecule has 0 atom stereocenters. The van der Waals surface area contributed by atoms with Gasteiger partial charge in [0, 0.05) is 48.5 Å². The number of aromatic nitrogens is 1. The van der Waals surface area contributed by atoms with Gasteiger partial charge in [-0.15, -0.1) is 0 Å². The molecule has 0 N–H and O–H groups in total. The van der Waals surface area contributed by atoms with Crippen LogP contribution in [-0.2, 0) is 5.41 Å². The molecular formula is C31H31N3O. The monoisotopic (exact) mass is 461 g/mol. The van der Waals surface area contributed by atoms with Gasteiger partial charge in [0.15, 0.2) is 0 Å². The van der Waals surface area contributed by atoms with E-state index in [2.05, 4.69) is 122 Å². The molecule has 4 aromatic rings. The van der Waals surface area contributed by atoms with Crippen LogP contribution in [0.1, 0.15) is 26.3 Å². The summed E-state index contributed by atoms with van der Waals surface area (Å²) in [6.45, 7) is 7.47. The lowest BCUT2D eigenvalue weighted by molar-refractivity contribution is 0.455. The Kier molecular flexibility index (Phi) is 6.04. The van der Waals surface area contributed by atoms with Gasteiger partial charge in [0.05, 0.1) is 12.4 Å². The van der Waals surface area contributed by atoms with E-state index in [4.69, 9.17) is 4.74 Å². The summed E-state index contributed by atoms with van der Waals surface area (Å²) in [6, 6.07) is 29.3. The van der Waals surface area contributed by atoms with Crippen LogP contribution in [0.15, 0.2) is 104 Å². The highest BCUT2D eigenvalue weighted by molar-refractivity contribution is 5.71. The van der Waals surface area contributed by atoms with Gasteiger partial charge in [0.1, 0.15) is 11.5 Å². The normalized spacial score (nSPS) is 13.4. The Morgan fingerprint density at radius 2 is 1.60 bits per heavy atom. The van der Waals surface area contributed by atoms with Crippen LogP contribution in [0.2, 0.25) is 0 Å². The van der Waals surface area contributed by atoms with Crippen molar-refractivity contribution in [3.63, 3.8) is 0 Å². The fraction of sp³-hybridized carbons (Fsp3) is 0.194. The van der Waals surface area contributed by atoms with E-state index >= 15 is 0 Å². The van der Waals surface area contributed by atoms with Crippen molar-refractivity contribution in [1.82, 2.24) is 9.88 Å². The van der Waals surface area contributed by atoms with E-state index in [-0.39, 0.29) is 5.41 Å². The molecule has 0 spiro atoms. The van der Waals surface area contributed by atoms with Crippen LogP contribution in [0.3, 0.4) is 0 Å². The van der Waals surface area contributed by atoms with Gasteiger partial charge in [0.2, 0.25) is 0 Å². The molecule has 35 heavy (non-hydrogen) atoms. The van der Waals surface area contributed by atoms with Crippen LogP contribution in [0, 0.1) is 0 Å². The lowest BCUT2D eigenvalue weighted by Gasteiger charge is -2.24. The van der Waals surface area contributed by atoms with Gasteiger partial charge in [-0.1, -0.05) is 69.3 Å². The van der Waals surface area contributed by atoms with Gasteiger partial charge in [-0.25, -0.2) is 0 Å². The highest BCUT2D eigenvalue weighted by Crippen LogP contribution is 2.38. The predicted octanol–water partition coefficient (Wildman–Crippen LogP) is 7.69. The molecule has 0 saturated heterocycles. The first-order chi connectivity index (χ1) is 16.9. The average Bonchev–Trinajstić information content (AvgIpc) is 3.30. The highest BCUT2D eigenvalue weighted by Gasteiger charge is 2.21. The van der Waals surface area contributed by atoms with Gasteiger partial charge in [-0.3, -0.25) is 4.98 Å². The summed E-state index contributed by atoms with van der Waals surface area (Å²) in [5.41, 5.74) is 6.49. The first-order valence-corrected chi connectivity index (χ1v) is 12.0. The maximum Gasteiger partial charge on any atom is 0.131 e. The summed E-state index contributed by atoms with van der Waals surface area (Å²) in [4.78, 5) is 9.02. The third kappa shape index (κ3) is 5.07. The predicted molar refractivity (Wildman–Crippen MR) is 145 cm³/mol. The van der Waals surface area contributed by atoms with Crippen molar-refractivity contribution >= 4 is 5.69 Å². The number of ether oxygens (including phenoxy) is 1. The molecule has 5 rings (SSSR count). The maximum atomic E-state index is 6.55. The second kappa shape index (κ2) is 9.30. The summed E-state index contributed by atoms with van der Waals surface area (Å²) in [6.07, 6.45) is 6.04. The molecule has 1 aliphatic heterocycles. The summed E-state index contributed by atoms with van der Waals surface area (Å²) >= 11 is 0. The minimum Gasteiger partial charge on any atom is -0.457 e. The Morgan fingerprint density at radius 3 is 2.34 bits per heavy atom. The first kappa shape index (κ1) is 22.7. The molecule has 1 aliphatic rings. The fourth-order valence-electron chi connectivity index (χ4n) is 4.33. The van der Waals surface area contributed by atoms with Gasteiger partial charge in [-0.05, 0) is 46.9 Å². The number of hydrogen-bond donors (Lipinski definition) is 0. The van der Waals surface area contributed by atoms with Crippen molar-refractivity contribution in [3.05, 3.63) is 109 Å². The number of nitrogens with zero attached hydrogens (tertiary/aromatic N) is 3.